The first kappa shape index (κ1) is 18.7. The lowest BCUT2D eigenvalue weighted by Gasteiger charge is -2.21. The van der Waals surface area contributed by atoms with Gasteiger partial charge < -0.3 is 14.4 Å². The number of sulfone groups is 1. The first-order chi connectivity index (χ1) is 12.5. The maximum absolute atomic E-state index is 12.9. The number of thiophene rings is 1. The summed E-state index contributed by atoms with van der Waals surface area (Å²) in [5.74, 6) is 0.733. The Morgan fingerprint density at radius 1 is 1.19 bits per heavy atom. The van der Waals surface area contributed by atoms with Gasteiger partial charge in [-0.3, -0.25) is 4.79 Å². The van der Waals surface area contributed by atoms with E-state index in [9.17, 15) is 13.2 Å². The van der Waals surface area contributed by atoms with Gasteiger partial charge in [-0.1, -0.05) is 6.07 Å². The van der Waals surface area contributed by atoms with Crippen molar-refractivity contribution in [2.45, 2.75) is 11.7 Å². The van der Waals surface area contributed by atoms with E-state index in [0.29, 0.717) is 30.0 Å². The van der Waals surface area contributed by atoms with Gasteiger partial charge in [0.1, 0.15) is 11.5 Å². The van der Waals surface area contributed by atoms with E-state index in [1.807, 2.05) is 17.5 Å². The van der Waals surface area contributed by atoms with E-state index in [4.69, 9.17) is 9.47 Å². The molecule has 0 aliphatic carbocycles. The number of carbonyl (C=O) groups is 1. The molecule has 2 heterocycles. The normalized spacial score (nSPS) is 19.6. The number of nitrogens with zero attached hydrogens (tertiary/aromatic N) is 1. The number of carbonyl (C=O) groups excluding carboxylic acids is 1. The molecule has 0 N–H and O–H groups in total. The average molecular weight is 396 g/mol. The minimum atomic E-state index is -3.29. The predicted octanol–water partition coefficient (Wildman–Crippen LogP) is 2.77. The van der Waals surface area contributed by atoms with Crippen LogP contribution in [-0.4, -0.2) is 52.3 Å². The molecule has 1 unspecified atom stereocenters. The van der Waals surface area contributed by atoms with Gasteiger partial charge in [-0.05, 0) is 30.0 Å². The molecule has 0 bridgehead atoms. The highest BCUT2D eigenvalue weighted by Crippen LogP contribution is 2.33. The number of benzene rings is 1. The summed E-state index contributed by atoms with van der Waals surface area (Å²) in [6.45, 7) is 0.564. The summed E-state index contributed by atoms with van der Waals surface area (Å²) in [4.78, 5) is 15.4. The molecule has 1 fully saturated rings. The van der Waals surface area contributed by atoms with Crippen LogP contribution in [0.2, 0.25) is 0 Å². The lowest BCUT2D eigenvalue weighted by Crippen LogP contribution is -2.33. The molecule has 0 saturated carbocycles. The smallest absolute Gasteiger partial charge is 0.257 e. The molecule has 8 heteroatoms. The number of rotatable bonds is 4. The molecule has 1 atom stereocenters. The molecule has 1 aromatic carbocycles. The summed E-state index contributed by atoms with van der Waals surface area (Å²) in [6, 6.07) is 8.69. The molecule has 26 heavy (non-hydrogen) atoms. The second-order valence-corrected chi connectivity index (χ2v) is 9.30. The molecule has 1 aromatic heterocycles. The third kappa shape index (κ3) is 3.71. The van der Waals surface area contributed by atoms with Gasteiger partial charge in [0.2, 0.25) is 0 Å². The Kier molecular flexibility index (Phi) is 5.52. The summed E-state index contributed by atoms with van der Waals surface area (Å²) in [5.41, 5.74) is 0.403. The van der Waals surface area contributed by atoms with Gasteiger partial charge in [-0.15, -0.1) is 11.3 Å². The Bertz CT molecular complexity index is 877. The monoisotopic (exact) mass is 395 g/mol. The van der Waals surface area contributed by atoms with Crippen molar-refractivity contribution in [2.75, 3.05) is 33.1 Å². The maximum atomic E-state index is 12.9. The zero-order valence-electron chi connectivity index (χ0n) is 14.7. The highest BCUT2D eigenvalue weighted by atomic mass is 32.2. The molecule has 1 aliphatic heterocycles. The van der Waals surface area contributed by atoms with Gasteiger partial charge in [-0.25, -0.2) is 8.42 Å². The number of ether oxygens (including phenoxy) is 2. The van der Waals surface area contributed by atoms with Crippen molar-refractivity contribution in [1.29, 1.82) is 0 Å². The highest BCUT2D eigenvalue weighted by Gasteiger charge is 2.34. The van der Waals surface area contributed by atoms with Crippen LogP contribution in [0.15, 0.2) is 35.7 Å². The van der Waals surface area contributed by atoms with Gasteiger partial charge in [0.15, 0.2) is 9.84 Å². The summed E-state index contributed by atoms with van der Waals surface area (Å²) < 4.78 is 35.7. The summed E-state index contributed by atoms with van der Waals surface area (Å²) in [5, 5.41) is 1.33. The minimum Gasteiger partial charge on any atom is -0.497 e. The first-order valence-corrected chi connectivity index (χ1v) is 10.8. The third-order valence-corrected chi connectivity index (χ3v) is 7.77. The Hall–Kier alpha value is -2.06. The molecule has 1 amide bonds. The zero-order valence-corrected chi connectivity index (χ0v) is 16.3. The summed E-state index contributed by atoms with van der Waals surface area (Å²) >= 11 is 1.44. The van der Waals surface area contributed by atoms with Crippen LogP contribution in [0.1, 0.15) is 26.9 Å². The quantitative estimate of drug-likeness (QED) is 0.796. The van der Waals surface area contributed by atoms with E-state index in [0.717, 1.165) is 4.88 Å². The van der Waals surface area contributed by atoms with Crippen molar-refractivity contribution in [3.8, 4) is 11.5 Å². The van der Waals surface area contributed by atoms with Gasteiger partial charge in [-0.2, -0.15) is 0 Å². The molecule has 1 saturated heterocycles. The maximum Gasteiger partial charge on any atom is 0.257 e. The molecule has 1 aliphatic rings. The Labute approximate surface area is 157 Å². The third-order valence-electron chi connectivity index (χ3n) is 4.53. The van der Waals surface area contributed by atoms with Gasteiger partial charge >= 0.3 is 0 Å². The van der Waals surface area contributed by atoms with Crippen LogP contribution in [0.5, 0.6) is 11.5 Å². The highest BCUT2D eigenvalue weighted by molar-refractivity contribution is 7.91. The molecule has 140 valence electrons. The first-order valence-electron chi connectivity index (χ1n) is 8.22. The van der Waals surface area contributed by atoms with Gasteiger partial charge in [0, 0.05) is 24.0 Å². The van der Waals surface area contributed by atoms with Crippen molar-refractivity contribution in [3.05, 3.63) is 46.2 Å². The van der Waals surface area contributed by atoms with Crippen molar-refractivity contribution in [3.63, 3.8) is 0 Å². The van der Waals surface area contributed by atoms with E-state index >= 15 is 0 Å². The van der Waals surface area contributed by atoms with Crippen molar-refractivity contribution < 1.29 is 22.7 Å². The Balaban J connectivity index is 1.84. The van der Waals surface area contributed by atoms with E-state index < -0.39 is 15.1 Å². The van der Waals surface area contributed by atoms with E-state index in [2.05, 4.69) is 0 Å². The van der Waals surface area contributed by atoms with E-state index in [1.54, 1.807) is 30.2 Å². The molecule has 6 nitrogen and oxygen atoms in total. The van der Waals surface area contributed by atoms with Crippen LogP contribution in [0, 0.1) is 0 Å². The fourth-order valence-electron chi connectivity index (χ4n) is 3.09. The van der Waals surface area contributed by atoms with Crippen molar-refractivity contribution in [2.24, 2.45) is 0 Å². The zero-order chi connectivity index (χ0) is 18.7. The standard InChI is InChI=1S/C18H21NO5S2/c1-23-13-5-6-14(15(12-13)24-2)18(20)19-8-7-17(16-4-3-10-25-16)26(21,22)11-9-19/h3-6,10,12,17H,7-9,11H2,1-2H3. The number of hydrogen-bond acceptors (Lipinski definition) is 6. The molecular weight excluding hydrogens is 374 g/mol. The minimum absolute atomic E-state index is 0.0419. The second kappa shape index (κ2) is 7.67. The van der Waals surface area contributed by atoms with Crippen LogP contribution >= 0.6 is 11.3 Å². The molecular formula is C18H21NO5S2. The SMILES string of the molecule is COc1ccc(C(=O)N2CCC(c3cccs3)S(=O)(=O)CC2)c(OC)c1. The van der Waals surface area contributed by atoms with Gasteiger partial charge in [0.05, 0.1) is 30.8 Å². The summed E-state index contributed by atoms with van der Waals surface area (Å²) in [7, 11) is -0.259. The number of hydrogen-bond donors (Lipinski definition) is 0. The Morgan fingerprint density at radius 3 is 2.65 bits per heavy atom. The van der Waals surface area contributed by atoms with Crippen LogP contribution in [0.4, 0.5) is 0 Å². The van der Waals surface area contributed by atoms with Crippen molar-refractivity contribution >= 4 is 27.1 Å². The lowest BCUT2D eigenvalue weighted by molar-refractivity contribution is 0.0763. The molecule has 3 rings (SSSR count). The molecule has 0 radical (unpaired) electrons. The molecule has 0 spiro atoms. The van der Waals surface area contributed by atoms with Crippen molar-refractivity contribution in [1.82, 2.24) is 4.90 Å². The Morgan fingerprint density at radius 2 is 2.00 bits per heavy atom. The number of amides is 1. The summed E-state index contributed by atoms with van der Waals surface area (Å²) in [6.07, 6.45) is 0.396. The second-order valence-electron chi connectivity index (χ2n) is 6.02. The van der Waals surface area contributed by atoms with Crippen LogP contribution in [0.25, 0.3) is 0 Å². The lowest BCUT2D eigenvalue weighted by atomic mass is 10.1. The topological polar surface area (TPSA) is 72.9 Å². The predicted molar refractivity (Wildman–Crippen MR) is 101 cm³/mol. The largest absolute Gasteiger partial charge is 0.497 e. The van der Waals surface area contributed by atoms with Crippen LogP contribution < -0.4 is 9.47 Å². The van der Waals surface area contributed by atoms with Crippen LogP contribution in [-0.2, 0) is 9.84 Å². The van der Waals surface area contributed by atoms with E-state index in [1.165, 1.54) is 18.4 Å². The van der Waals surface area contributed by atoms with E-state index in [-0.39, 0.29) is 18.2 Å². The fourth-order valence-corrected chi connectivity index (χ4v) is 6.09. The number of methoxy groups -OCH3 is 2. The van der Waals surface area contributed by atoms with Crippen LogP contribution in [0.3, 0.4) is 0 Å². The molecule has 2 aromatic rings. The average Bonchev–Trinajstić information content (AvgIpc) is 3.11. The van der Waals surface area contributed by atoms with Gasteiger partial charge in [0.25, 0.3) is 5.91 Å². The fraction of sp³-hybridized carbons (Fsp3) is 0.389.